The number of hydrogen-bond donors (Lipinski definition) is 3. The van der Waals surface area contributed by atoms with Gasteiger partial charge in [-0.15, -0.1) is 0 Å². The van der Waals surface area contributed by atoms with Crippen molar-refractivity contribution in [3.05, 3.63) is 53.6 Å². The van der Waals surface area contributed by atoms with E-state index in [1.807, 2.05) is 0 Å². The average molecular weight is 227 g/mol. The van der Waals surface area contributed by atoms with Crippen molar-refractivity contribution in [1.29, 1.82) is 0 Å². The SMILES string of the molecule is Nc1cccc(C(=O)c2ccc(N)cc2N)c1. The highest BCUT2D eigenvalue weighted by Gasteiger charge is 2.12. The lowest BCUT2D eigenvalue weighted by Gasteiger charge is -2.06. The quantitative estimate of drug-likeness (QED) is 0.537. The van der Waals surface area contributed by atoms with Gasteiger partial charge in [0, 0.05) is 28.2 Å². The van der Waals surface area contributed by atoms with E-state index in [2.05, 4.69) is 0 Å². The van der Waals surface area contributed by atoms with E-state index in [1.165, 1.54) is 0 Å². The predicted octanol–water partition coefficient (Wildman–Crippen LogP) is 1.66. The maximum absolute atomic E-state index is 12.2. The van der Waals surface area contributed by atoms with Crippen LogP contribution in [0, 0.1) is 0 Å². The molecule has 0 spiro atoms. The van der Waals surface area contributed by atoms with Crippen LogP contribution in [0.25, 0.3) is 0 Å². The molecule has 0 unspecified atom stereocenters. The summed E-state index contributed by atoms with van der Waals surface area (Å²) in [5, 5.41) is 0. The number of ketones is 1. The fourth-order valence-corrected chi connectivity index (χ4v) is 1.62. The van der Waals surface area contributed by atoms with Gasteiger partial charge in [-0.05, 0) is 30.3 Å². The molecule has 0 amide bonds. The third kappa shape index (κ3) is 2.20. The number of anilines is 3. The fraction of sp³-hybridized carbons (Fsp3) is 0. The first kappa shape index (κ1) is 11.0. The Morgan fingerprint density at radius 2 is 1.59 bits per heavy atom. The highest BCUT2D eigenvalue weighted by Crippen LogP contribution is 2.20. The number of nitrogens with two attached hydrogens (primary N) is 3. The zero-order valence-corrected chi connectivity index (χ0v) is 9.18. The normalized spacial score (nSPS) is 10.1. The third-order valence-electron chi connectivity index (χ3n) is 2.47. The Balaban J connectivity index is 2.44. The van der Waals surface area contributed by atoms with Gasteiger partial charge in [-0.3, -0.25) is 4.79 Å². The van der Waals surface area contributed by atoms with Crippen LogP contribution in [0.3, 0.4) is 0 Å². The van der Waals surface area contributed by atoms with Crippen LogP contribution in [0.4, 0.5) is 17.1 Å². The maximum atomic E-state index is 12.2. The van der Waals surface area contributed by atoms with Gasteiger partial charge in [-0.2, -0.15) is 0 Å². The molecule has 0 aliphatic rings. The second kappa shape index (κ2) is 4.17. The molecule has 0 heterocycles. The van der Waals surface area contributed by atoms with Gasteiger partial charge in [-0.1, -0.05) is 12.1 Å². The van der Waals surface area contributed by atoms with E-state index in [9.17, 15) is 4.79 Å². The summed E-state index contributed by atoms with van der Waals surface area (Å²) in [6.45, 7) is 0. The number of carbonyl (C=O) groups is 1. The summed E-state index contributed by atoms with van der Waals surface area (Å²) in [6.07, 6.45) is 0. The maximum Gasteiger partial charge on any atom is 0.195 e. The molecule has 0 radical (unpaired) electrons. The number of nitrogen functional groups attached to an aromatic ring is 3. The van der Waals surface area contributed by atoms with Crippen LogP contribution in [-0.4, -0.2) is 5.78 Å². The molecule has 86 valence electrons. The molecule has 0 saturated heterocycles. The Morgan fingerprint density at radius 1 is 0.882 bits per heavy atom. The first-order valence-electron chi connectivity index (χ1n) is 5.13. The molecule has 2 rings (SSSR count). The van der Waals surface area contributed by atoms with Crippen molar-refractivity contribution in [3.8, 4) is 0 Å². The minimum absolute atomic E-state index is 0.158. The predicted molar refractivity (Wildman–Crippen MR) is 69.6 cm³/mol. The average Bonchev–Trinajstić information content (AvgIpc) is 2.28. The molecule has 0 aliphatic carbocycles. The molecular formula is C13H13N3O. The standard InChI is InChI=1S/C13H13N3O/c14-9-3-1-2-8(6-9)13(17)11-5-4-10(15)7-12(11)16/h1-7H,14-16H2. The Kier molecular flexibility index (Phi) is 2.70. The number of rotatable bonds is 2. The summed E-state index contributed by atoms with van der Waals surface area (Å²) in [6, 6.07) is 11.6. The van der Waals surface area contributed by atoms with E-state index in [0.717, 1.165) is 0 Å². The summed E-state index contributed by atoms with van der Waals surface area (Å²) in [5.74, 6) is -0.158. The highest BCUT2D eigenvalue weighted by molar-refractivity contribution is 6.12. The summed E-state index contributed by atoms with van der Waals surface area (Å²) in [7, 11) is 0. The second-order valence-corrected chi connectivity index (χ2v) is 3.80. The van der Waals surface area contributed by atoms with E-state index >= 15 is 0 Å². The van der Waals surface area contributed by atoms with Gasteiger partial charge in [0.25, 0.3) is 0 Å². The first-order chi connectivity index (χ1) is 8.08. The number of benzene rings is 2. The topological polar surface area (TPSA) is 95.1 Å². The fourth-order valence-electron chi connectivity index (χ4n) is 1.62. The van der Waals surface area contributed by atoms with Gasteiger partial charge >= 0.3 is 0 Å². The molecule has 0 bridgehead atoms. The molecule has 6 N–H and O–H groups in total. The molecule has 0 aromatic heterocycles. The lowest BCUT2D eigenvalue weighted by atomic mass is 10.0. The van der Waals surface area contributed by atoms with Crippen molar-refractivity contribution in [2.45, 2.75) is 0 Å². The van der Waals surface area contributed by atoms with E-state index in [-0.39, 0.29) is 5.78 Å². The molecule has 0 atom stereocenters. The van der Waals surface area contributed by atoms with Crippen LogP contribution in [-0.2, 0) is 0 Å². The van der Waals surface area contributed by atoms with Gasteiger partial charge in [0.05, 0.1) is 0 Å². The second-order valence-electron chi connectivity index (χ2n) is 3.80. The zero-order valence-electron chi connectivity index (χ0n) is 9.18. The minimum atomic E-state index is -0.158. The summed E-state index contributed by atoms with van der Waals surface area (Å²) in [4.78, 5) is 12.2. The monoisotopic (exact) mass is 227 g/mol. The first-order valence-corrected chi connectivity index (χ1v) is 5.13. The molecule has 2 aromatic carbocycles. The Hall–Kier alpha value is -2.49. The van der Waals surface area contributed by atoms with Crippen LogP contribution >= 0.6 is 0 Å². The smallest absolute Gasteiger partial charge is 0.195 e. The van der Waals surface area contributed by atoms with Crippen molar-refractivity contribution < 1.29 is 4.79 Å². The minimum Gasteiger partial charge on any atom is -0.399 e. The van der Waals surface area contributed by atoms with E-state index in [0.29, 0.717) is 28.2 Å². The van der Waals surface area contributed by atoms with E-state index in [1.54, 1.807) is 42.5 Å². The van der Waals surface area contributed by atoms with Gasteiger partial charge in [0.1, 0.15) is 0 Å². The summed E-state index contributed by atoms with van der Waals surface area (Å²) >= 11 is 0. The zero-order chi connectivity index (χ0) is 12.4. The summed E-state index contributed by atoms with van der Waals surface area (Å²) < 4.78 is 0. The third-order valence-corrected chi connectivity index (χ3v) is 2.47. The van der Waals surface area contributed by atoms with Crippen LogP contribution < -0.4 is 17.2 Å². The molecule has 0 saturated carbocycles. The molecule has 0 aliphatic heterocycles. The van der Waals surface area contributed by atoms with Crippen LogP contribution in [0.1, 0.15) is 15.9 Å². The van der Waals surface area contributed by atoms with Gasteiger partial charge in [0.15, 0.2) is 5.78 Å². The summed E-state index contributed by atoms with van der Waals surface area (Å²) in [5.41, 5.74) is 19.4. The van der Waals surface area contributed by atoms with Crippen molar-refractivity contribution in [3.63, 3.8) is 0 Å². The van der Waals surface area contributed by atoms with Crippen LogP contribution in [0.5, 0.6) is 0 Å². The highest BCUT2D eigenvalue weighted by atomic mass is 16.1. The van der Waals surface area contributed by atoms with Crippen LogP contribution in [0.15, 0.2) is 42.5 Å². The molecule has 4 heteroatoms. The largest absolute Gasteiger partial charge is 0.399 e. The van der Waals surface area contributed by atoms with Gasteiger partial charge in [0.2, 0.25) is 0 Å². The molecule has 0 fully saturated rings. The van der Waals surface area contributed by atoms with Crippen molar-refractivity contribution >= 4 is 22.8 Å². The number of carbonyl (C=O) groups excluding carboxylic acids is 1. The van der Waals surface area contributed by atoms with E-state index in [4.69, 9.17) is 17.2 Å². The van der Waals surface area contributed by atoms with Crippen molar-refractivity contribution in [1.82, 2.24) is 0 Å². The Bertz CT molecular complexity index is 579. The molecule has 17 heavy (non-hydrogen) atoms. The molecule has 4 nitrogen and oxygen atoms in total. The van der Waals surface area contributed by atoms with Crippen LogP contribution in [0.2, 0.25) is 0 Å². The Labute approximate surface area is 99.0 Å². The Morgan fingerprint density at radius 3 is 2.24 bits per heavy atom. The molecule has 2 aromatic rings. The van der Waals surface area contributed by atoms with Gasteiger partial charge < -0.3 is 17.2 Å². The lowest BCUT2D eigenvalue weighted by molar-refractivity contribution is 0.103. The van der Waals surface area contributed by atoms with Crippen molar-refractivity contribution in [2.75, 3.05) is 17.2 Å². The van der Waals surface area contributed by atoms with Gasteiger partial charge in [-0.25, -0.2) is 0 Å². The number of hydrogen-bond acceptors (Lipinski definition) is 4. The van der Waals surface area contributed by atoms with E-state index < -0.39 is 0 Å². The lowest BCUT2D eigenvalue weighted by Crippen LogP contribution is -2.06. The molecular weight excluding hydrogens is 214 g/mol. The van der Waals surface area contributed by atoms with Crippen molar-refractivity contribution in [2.24, 2.45) is 0 Å².